The van der Waals surface area contributed by atoms with Crippen LogP contribution in [0.1, 0.15) is 88.1 Å². The lowest BCUT2D eigenvalue weighted by molar-refractivity contribution is -0.0123. The highest BCUT2D eigenvalue weighted by atomic mass is 32.2. The maximum absolute atomic E-state index is 14.4. The molecule has 0 radical (unpaired) electrons. The van der Waals surface area contributed by atoms with Gasteiger partial charge in [0.2, 0.25) is 0 Å². The molecule has 48 heavy (non-hydrogen) atoms. The number of aliphatic hydroxyl groups is 1. The normalized spacial score (nSPS) is 22.5. The van der Waals surface area contributed by atoms with Gasteiger partial charge in [0, 0.05) is 44.4 Å². The average molecular weight is 687 g/mol. The molecule has 1 saturated carbocycles. The van der Waals surface area contributed by atoms with Crippen molar-refractivity contribution in [2.75, 3.05) is 38.1 Å². The first kappa shape index (κ1) is 37.5. The van der Waals surface area contributed by atoms with Crippen LogP contribution >= 0.6 is 0 Å². The number of amides is 3. The number of urea groups is 1. The summed E-state index contributed by atoms with van der Waals surface area (Å²) < 4.78 is 41.7. The fourth-order valence-electron chi connectivity index (χ4n) is 6.26. The van der Waals surface area contributed by atoms with Gasteiger partial charge in [0.1, 0.15) is 5.75 Å². The van der Waals surface area contributed by atoms with Gasteiger partial charge in [-0.05, 0) is 83.2 Å². The molecule has 1 aliphatic heterocycles. The Morgan fingerprint density at radius 3 is 2.42 bits per heavy atom. The van der Waals surface area contributed by atoms with Gasteiger partial charge in [-0.1, -0.05) is 43.9 Å². The Labute approximate surface area is 286 Å². The predicted molar refractivity (Wildman–Crippen MR) is 187 cm³/mol. The number of nitrogens with zero attached hydrogens (tertiary/aromatic N) is 2. The fraction of sp³-hybridized carbons (Fsp3) is 0.611. The molecule has 11 nitrogen and oxygen atoms in total. The van der Waals surface area contributed by atoms with Crippen LogP contribution in [0.15, 0.2) is 47.4 Å². The summed E-state index contributed by atoms with van der Waals surface area (Å²) in [4.78, 5) is 30.9. The number of aliphatic hydroxyl groups excluding tert-OH is 1. The van der Waals surface area contributed by atoms with Gasteiger partial charge >= 0.3 is 6.03 Å². The number of carbonyl (C=O) groups excluding carboxylic acids is 2. The molecule has 0 unspecified atom stereocenters. The second-order valence-corrected chi connectivity index (χ2v) is 15.3. The van der Waals surface area contributed by atoms with E-state index in [0.29, 0.717) is 18.9 Å². The lowest BCUT2D eigenvalue weighted by atomic mass is 9.96. The van der Waals surface area contributed by atoms with Crippen LogP contribution in [-0.4, -0.2) is 92.9 Å². The lowest BCUT2D eigenvalue weighted by Gasteiger charge is -2.36. The Balaban J connectivity index is 1.61. The number of sulfonamides is 1. The molecule has 1 fully saturated rings. The van der Waals surface area contributed by atoms with E-state index < -0.39 is 22.0 Å². The molecule has 0 bridgehead atoms. The number of nitrogens with one attached hydrogen (secondary N) is 2. The second kappa shape index (κ2) is 17.3. The Bertz CT molecular complexity index is 1460. The van der Waals surface area contributed by atoms with Crippen LogP contribution in [0.25, 0.3) is 0 Å². The molecule has 3 amide bonds. The number of likely N-dealkylation sites (N-methyl/N-ethyl adjacent to an activating group) is 1. The van der Waals surface area contributed by atoms with Crippen molar-refractivity contribution in [3.8, 4) is 5.75 Å². The standard InChI is InChI=1S/C36H54N4O7S/c1-25-14-17-31(18-15-25)48(44,45)38-30-16-19-33-32(21-30)35(42)40(27(3)24-41)22-26(2)34(46-20-10-9-11-28(4)47-33)23-39(5)36(43)37-29-12-7-6-8-13-29/h14-19,21,26-29,34,38,41H,6-13,20,22-24H2,1-5H3,(H,37,43)/t26-,27+,28+,34-/m1/s1. The van der Waals surface area contributed by atoms with E-state index in [-0.39, 0.29) is 59.5 Å². The van der Waals surface area contributed by atoms with Crippen LogP contribution in [0.2, 0.25) is 0 Å². The zero-order chi connectivity index (χ0) is 34.8. The smallest absolute Gasteiger partial charge is 0.317 e. The topological polar surface area (TPSA) is 138 Å². The van der Waals surface area contributed by atoms with E-state index in [1.807, 2.05) is 20.8 Å². The third-order valence-electron chi connectivity index (χ3n) is 9.37. The largest absolute Gasteiger partial charge is 0.490 e. The van der Waals surface area contributed by atoms with Crippen LogP contribution in [0.4, 0.5) is 10.5 Å². The van der Waals surface area contributed by atoms with Gasteiger partial charge in [0.25, 0.3) is 15.9 Å². The third-order valence-corrected chi connectivity index (χ3v) is 10.8. The number of rotatable bonds is 8. The number of hydrogen-bond donors (Lipinski definition) is 3. The van der Waals surface area contributed by atoms with Crippen LogP contribution in [-0.2, 0) is 14.8 Å². The minimum absolute atomic E-state index is 0.108. The van der Waals surface area contributed by atoms with Crippen LogP contribution in [0.3, 0.4) is 0 Å². The van der Waals surface area contributed by atoms with Gasteiger partial charge in [-0.2, -0.15) is 0 Å². The van der Waals surface area contributed by atoms with Gasteiger partial charge in [0.05, 0.1) is 35.3 Å². The van der Waals surface area contributed by atoms with Crippen LogP contribution in [0, 0.1) is 12.8 Å². The molecule has 1 heterocycles. The zero-order valence-electron chi connectivity index (χ0n) is 29.1. The van der Waals surface area contributed by atoms with E-state index in [0.717, 1.165) is 50.5 Å². The van der Waals surface area contributed by atoms with Crippen molar-refractivity contribution in [3.05, 3.63) is 53.6 Å². The Hall–Kier alpha value is -3.35. The van der Waals surface area contributed by atoms with Crippen LogP contribution in [0.5, 0.6) is 5.75 Å². The van der Waals surface area contributed by atoms with Crippen molar-refractivity contribution in [2.45, 2.75) is 108 Å². The minimum Gasteiger partial charge on any atom is -0.490 e. The summed E-state index contributed by atoms with van der Waals surface area (Å²) >= 11 is 0. The maximum atomic E-state index is 14.4. The fourth-order valence-corrected chi connectivity index (χ4v) is 7.31. The summed E-state index contributed by atoms with van der Waals surface area (Å²) in [6.45, 7) is 8.37. The van der Waals surface area contributed by atoms with Gasteiger partial charge < -0.3 is 29.7 Å². The number of aryl methyl sites for hydroxylation is 1. The van der Waals surface area contributed by atoms with Crippen molar-refractivity contribution in [2.24, 2.45) is 5.92 Å². The summed E-state index contributed by atoms with van der Waals surface area (Å²) in [5, 5.41) is 13.4. The van der Waals surface area contributed by atoms with E-state index in [9.17, 15) is 23.1 Å². The number of ether oxygens (including phenoxy) is 2. The number of fused-ring (bicyclic) bond motifs is 1. The molecule has 2 aromatic rings. The average Bonchev–Trinajstić information content (AvgIpc) is 3.06. The summed E-state index contributed by atoms with van der Waals surface area (Å²) in [7, 11) is -2.15. The number of anilines is 1. The molecule has 2 aromatic carbocycles. The molecule has 4 atom stereocenters. The number of hydrogen-bond acceptors (Lipinski definition) is 7. The highest BCUT2D eigenvalue weighted by Gasteiger charge is 2.31. The molecule has 266 valence electrons. The van der Waals surface area contributed by atoms with Gasteiger partial charge in [-0.15, -0.1) is 0 Å². The summed E-state index contributed by atoms with van der Waals surface area (Å²) in [5.74, 6) is -0.263. The van der Waals surface area contributed by atoms with Crippen molar-refractivity contribution in [3.63, 3.8) is 0 Å². The molecule has 0 saturated heterocycles. The van der Waals surface area contributed by atoms with E-state index in [4.69, 9.17) is 9.47 Å². The third kappa shape index (κ3) is 10.3. The SMILES string of the molecule is Cc1ccc(S(=O)(=O)Nc2ccc3c(c2)C(=O)N([C@@H](C)CO)C[C@@H](C)[C@@H](CN(C)C(=O)NC2CCCCC2)OCCCC[C@H](C)O3)cc1. The van der Waals surface area contributed by atoms with E-state index >= 15 is 0 Å². The quantitative estimate of drug-likeness (QED) is 0.331. The first-order chi connectivity index (χ1) is 22.9. The summed E-state index contributed by atoms with van der Waals surface area (Å²) in [5.41, 5.74) is 1.35. The van der Waals surface area contributed by atoms with E-state index in [1.54, 1.807) is 48.0 Å². The van der Waals surface area contributed by atoms with Crippen molar-refractivity contribution in [1.29, 1.82) is 0 Å². The molecule has 0 spiro atoms. The van der Waals surface area contributed by atoms with Crippen molar-refractivity contribution < 1.29 is 32.6 Å². The predicted octanol–water partition coefficient (Wildman–Crippen LogP) is 5.57. The number of benzene rings is 2. The zero-order valence-corrected chi connectivity index (χ0v) is 29.9. The summed E-state index contributed by atoms with van der Waals surface area (Å²) in [6.07, 6.45) is 7.21. The van der Waals surface area contributed by atoms with Crippen molar-refractivity contribution in [1.82, 2.24) is 15.1 Å². The molecule has 3 N–H and O–H groups in total. The molecule has 4 rings (SSSR count). The van der Waals surface area contributed by atoms with E-state index in [1.165, 1.54) is 24.6 Å². The molecule has 12 heteroatoms. The highest BCUT2D eigenvalue weighted by Crippen LogP contribution is 2.30. The monoisotopic (exact) mass is 686 g/mol. The molecular formula is C36H54N4O7S. The Morgan fingerprint density at radius 1 is 1.04 bits per heavy atom. The first-order valence-electron chi connectivity index (χ1n) is 17.3. The first-order valence-corrected chi connectivity index (χ1v) is 18.8. The van der Waals surface area contributed by atoms with Crippen LogP contribution < -0.4 is 14.8 Å². The van der Waals surface area contributed by atoms with Gasteiger partial charge in [0.15, 0.2) is 0 Å². The molecule has 2 aliphatic rings. The maximum Gasteiger partial charge on any atom is 0.317 e. The molecule has 0 aromatic heterocycles. The minimum atomic E-state index is -3.92. The molecule has 1 aliphatic carbocycles. The second-order valence-electron chi connectivity index (χ2n) is 13.6. The lowest BCUT2D eigenvalue weighted by Crippen LogP contribution is -2.50. The van der Waals surface area contributed by atoms with Gasteiger partial charge in [-0.3, -0.25) is 9.52 Å². The van der Waals surface area contributed by atoms with E-state index in [2.05, 4.69) is 10.0 Å². The Kier molecular flexibility index (Phi) is 13.5. The molecular weight excluding hydrogens is 632 g/mol. The summed E-state index contributed by atoms with van der Waals surface area (Å²) in [6, 6.07) is 10.7. The number of carbonyl (C=O) groups is 2. The highest BCUT2D eigenvalue weighted by molar-refractivity contribution is 7.92. The Morgan fingerprint density at radius 2 is 1.73 bits per heavy atom. The van der Waals surface area contributed by atoms with Gasteiger partial charge in [-0.25, -0.2) is 13.2 Å². The van der Waals surface area contributed by atoms with Crippen molar-refractivity contribution >= 4 is 27.6 Å².